The molecule has 1 heterocycles. The van der Waals surface area contributed by atoms with E-state index in [-0.39, 0.29) is 28.5 Å². The maximum Gasteiger partial charge on any atom is 0.157 e. The van der Waals surface area contributed by atoms with E-state index in [2.05, 4.69) is 26.8 Å². The smallest absolute Gasteiger partial charge is 0.157 e. The Bertz CT molecular complexity index is 1180. The van der Waals surface area contributed by atoms with E-state index in [9.17, 15) is 19.8 Å². The molecule has 2 aromatic rings. The van der Waals surface area contributed by atoms with Gasteiger partial charge in [-0.25, -0.2) is 0 Å². The number of ether oxygens (including phenoxy) is 1. The number of fused-ring (bicyclic) bond motifs is 2. The van der Waals surface area contributed by atoms with Crippen molar-refractivity contribution >= 4 is 12.6 Å². The van der Waals surface area contributed by atoms with Crippen LogP contribution >= 0.6 is 0 Å². The number of rotatable bonds is 4. The van der Waals surface area contributed by atoms with Crippen LogP contribution in [0.25, 0.3) is 0 Å². The number of allylic oxidation sites excluding steroid dienone is 1. The Morgan fingerprint density at radius 1 is 1.00 bits per heavy atom. The fraction of sp³-hybridized carbons (Fsp3) is 0.467. The molecule has 1 spiro atoms. The fourth-order valence-electron chi connectivity index (χ4n) is 6.89. The Balaban J connectivity index is 1.73. The number of hydrogen-bond acceptors (Lipinski definition) is 5. The number of carbonyl (C=O) groups is 2. The molecule has 5 nitrogen and oxygen atoms in total. The van der Waals surface area contributed by atoms with Crippen LogP contribution in [0.4, 0.5) is 0 Å². The minimum Gasteiger partial charge on any atom is -0.507 e. The minimum absolute atomic E-state index is 0.0714. The second-order valence-corrected chi connectivity index (χ2v) is 11.0. The number of carbonyl (C=O) groups excluding carboxylic acids is 2. The SMILES string of the molecule is CC(C)C1CC[C@@H](C)[C@H]2CC[C@@]3(C=C12)C[C@H](c1ccccc1)c1c(O)c(C=O)c(O)c(C=O)c1O3. The van der Waals surface area contributed by atoms with Gasteiger partial charge in [-0.15, -0.1) is 0 Å². The van der Waals surface area contributed by atoms with Gasteiger partial charge >= 0.3 is 0 Å². The third kappa shape index (κ3) is 3.76. The average molecular weight is 475 g/mol. The van der Waals surface area contributed by atoms with Crippen molar-refractivity contribution in [3.05, 3.63) is 64.2 Å². The highest BCUT2D eigenvalue weighted by Crippen LogP contribution is 2.57. The lowest BCUT2D eigenvalue weighted by atomic mass is 9.60. The number of benzene rings is 2. The van der Waals surface area contributed by atoms with E-state index < -0.39 is 11.4 Å². The van der Waals surface area contributed by atoms with E-state index in [1.807, 2.05) is 30.3 Å². The van der Waals surface area contributed by atoms with Gasteiger partial charge in [-0.3, -0.25) is 9.59 Å². The minimum atomic E-state index is -0.650. The second kappa shape index (κ2) is 8.85. The van der Waals surface area contributed by atoms with E-state index in [4.69, 9.17) is 4.74 Å². The average Bonchev–Trinajstić information content (AvgIpc) is 2.84. The highest BCUT2D eigenvalue weighted by atomic mass is 16.5. The van der Waals surface area contributed by atoms with Crippen LogP contribution in [0.3, 0.4) is 0 Å². The van der Waals surface area contributed by atoms with Gasteiger partial charge in [0, 0.05) is 17.9 Å². The fourth-order valence-corrected chi connectivity index (χ4v) is 6.89. The van der Waals surface area contributed by atoms with Gasteiger partial charge in [0.15, 0.2) is 12.6 Å². The number of aldehydes is 2. The Kier molecular flexibility index (Phi) is 5.98. The summed E-state index contributed by atoms with van der Waals surface area (Å²) in [4.78, 5) is 23.9. The number of hydrogen-bond donors (Lipinski definition) is 2. The maximum absolute atomic E-state index is 12.2. The summed E-state index contributed by atoms with van der Waals surface area (Å²) in [5, 5.41) is 21.8. The van der Waals surface area contributed by atoms with E-state index in [0.717, 1.165) is 18.4 Å². The summed E-state index contributed by atoms with van der Waals surface area (Å²) in [7, 11) is 0. The molecular formula is C30H34O5. The summed E-state index contributed by atoms with van der Waals surface area (Å²) < 4.78 is 6.66. The zero-order valence-electron chi connectivity index (χ0n) is 20.7. The Hall–Kier alpha value is -3.08. The van der Waals surface area contributed by atoms with Crippen LogP contribution in [-0.2, 0) is 0 Å². The third-order valence-electron chi connectivity index (χ3n) is 8.74. The molecule has 5 atom stereocenters. The Morgan fingerprint density at radius 2 is 1.71 bits per heavy atom. The summed E-state index contributed by atoms with van der Waals surface area (Å²) in [6, 6.07) is 9.83. The summed E-state index contributed by atoms with van der Waals surface area (Å²) in [6.07, 6.45) is 8.06. The lowest BCUT2D eigenvalue weighted by molar-refractivity contribution is 0.0487. The first-order valence-electron chi connectivity index (χ1n) is 12.8. The van der Waals surface area contributed by atoms with Crippen molar-refractivity contribution in [1.82, 2.24) is 0 Å². The predicted molar refractivity (Wildman–Crippen MR) is 134 cm³/mol. The van der Waals surface area contributed by atoms with Crippen molar-refractivity contribution in [2.24, 2.45) is 23.7 Å². The summed E-state index contributed by atoms with van der Waals surface area (Å²) in [5.74, 6) is 1.26. The summed E-state index contributed by atoms with van der Waals surface area (Å²) in [5.41, 5.74) is 1.85. The first-order valence-corrected chi connectivity index (χ1v) is 12.8. The van der Waals surface area contributed by atoms with Crippen LogP contribution in [-0.4, -0.2) is 28.4 Å². The van der Waals surface area contributed by atoms with Crippen molar-refractivity contribution in [2.75, 3.05) is 0 Å². The zero-order valence-corrected chi connectivity index (χ0v) is 20.7. The lowest BCUT2D eigenvalue weighted by Gasteiger charge is -2.49. The van der Waals surface area contributed by atoms with E-state index in [0.29, 0.717) is 48.2 Å². The van der Waals surface area contributed by atoms with Crippen LogP contribution in [0.1, 0.15) is 90.6 Å². The molecule has 35 heavy (non-hydrogen) atoms. The molecule has 5 heteroatoms. The van der Waals surface area contributed by atoms with Gasteiger partial charge in [0.1, 0.15) is 22.8 Å². The lowest BCUT2D eigenvalue weighted by Crippen LogP contribution is -2.45. The van der Waals surface area contributed by atoms with Gasteiger partial charge < -0.3 is 14.9 Å². The molecule has 3 aliphatic rings. The van der Waals surface area contributed by atoms with Gasteiger partial charge in [0.25, 0.3) is 0 Å². The van der Waals surface area contributed by atoms with Crippen LogP contribution in [0.2, 0.25) is 0 Å². The number of aromatic hydroxyl groups is 2. The molecule has 1 aliphatic heterocycles. The molecule has 1 unspecified atom stereocenters. The molecule has 1 fully saturated rings. The summed E-state index contributed by atoms with van der Waals surface area (Å²) >= 11 is 0. The van der Waals surface area contributed by atoms with Crippen molar-refractivity contribution in [3.63, 3.8) is 0 Å². The monoisotopic (exact) mass is 474 g/mol. The topological polar surface area (TPSA) is 83.8 Å². The summed E-state index contributed by atoms with van der Waals surface area (Å²) in [6.45, 7) is 6.91. The number of phenols is 2. The standard InChI is InChI=1S/C30H34O5/c1-17(2)20-10-9-18(3)21-11-12-30(14-23(20)21)13-22(19-7-5-4-6-8-19)26-28(34)24(15-31)27(33)25(16-32)29(26)35-30/h4-8,14-18,20-22,33-34H,9-13H2,1-3H3/t18-,20?,21-,22-,30+/m1/s1. The second-order valence-electron chi connectivity index (χ2n) is 11.0. The van der Waals surface area contributed by atoms with Crippen molar-refractivity contribution < 1.29 is 24.5 Å². The van der Waals surface area contributed by atoms with Crippen molar-refractivity contribution in [3.8, 4) is 17.2 Å². The van der Waals surface area contributed by atoms with Gasteiger partial charge in [-0.05, 0) is 61.0 Å². The molecule has 1 saturated carbocycles. The van der Waals surface area contributed by atoms with Crippen LogP contribution in [0.15, 0.2) is 42.0 Å². The number of phenolic OH excluding ortho intramolecular Hbond substituents is 2. The van der Waals surface area contributed by atoms with E-state index >= 15 is 0 Å². The molecular weight excluding hydrogens is 440 g/mol. The Morgan fingerprint density at radius 3 is 2.37 bits per heavy atom. The molecule has 0 radical (unpaired) electrons. The molecule has 184 valence electrons. The highest BCUT2D eigenvalue weighted by molar-refractivity contribution is 5.95. The molecule has 2 N–H and O–H groups in total. The van der Waals surface area contributed by atoms with Gasteiger partial charge in [0.2, 0.25) is 0 Å². The highest BCUT2D eigenvalue weighted by Gasteiger charge is 2.48. The largest absolute Gasteiger partial charge is 0.507 e. The van der Waals surface area contributed by atoms with Crippen LogP contribution in [0, 0.1) is 23.7 Å². The van der Waals surface area contributed by atoms with Gasteiger partial charge in [0.05, 0.1) is 11.1 Å². The maximum atomic E-state index is 12.2. The van der Waals surface area contributed by atoms with Gasteiger partial charge in [-0.2, -0.15) is 0 Å². The third-order valence-corrected chi connectivity index (χ3v) is 8.74. The predicted octanol–water partition coefficient (Wildman–Crippen LogP) is 6.41. The molecule has 2 aliphatic carbocycles. The molecule has 0 amide bonds. The van der Waals surface area contributed by atoms with Crippen LogP contribution in [0.5, 0.6) is 17.2 Å². The normalized spacial score (nSPS) is 29.7. The first-order chi connectivity index (χ1) is 16.8. The molecule has 0 bridgehead atoms. The molecule has 2 aromatic carbocycles. The first kappa shape index (κ1) is 23.7. The molecule has 0 aromatic heterocycles. The van der Waals surface area contributed by atoms with E-state index in [1.54, 1.807) is 0 Å². The van der Waals surface area contributed by atoms with E-state index in [1.165, 1.54) is 18.4 Å². The quantitative estimate of drug-likeness (QED) is 0.395. The van der Waals surface area contributed by atoms with Crippen LogP contribution < -0.4 is 4.74 Å². The Labute approximate surface area is 206 Å². The van der Waals surface area contributed by atoms with Gasteiger partial charge in [-0.1, -0.05) is 56.7 Å². The zero-order chi connectivity index (χ0) is 24.9. The van der Waals surface area contributed by atoms with Crippen molar-refractivity contribution in [2.45, 2.75) is 64.4 Å². The van der Waals surface area contributed by atoms with Crippen molar-refractivity contribution in [1.29, 1.82) is 0 Å². The molecule has 0 saturated heterocycles. The molecule has 5 rings (SSSR count).